The van der Waals surface area contributed by atoms with Crippen molar-refractivity contribution in [1.29, 1.82) is 0 Å². The Morgan fingerprint density at radius 1 is 1.15 bits per heavy atom. The molecule has 0 aliphatic heterocycles. The SMILES string of the molecule is COc1c(Cl)cc(-c2nc3ccc(F)cc3s2)cc1Cl. The van der Waals surface area contributed by atoms with Crippen LogP contribution in [0.2, 0.25) is 10.0 Å². The van der Waals surface area contributed by atoms with Crippen molar-refractivity contribution in [2.45, 2.75) is 0 Å². The number of methoxy groups -OCH3 is 1. The first-order chi connectivity index (χ1) is 9.58. The third kappa shape index (κ3) is 2.35. The first-order valence-corrected chi connectivity index (χ1v) is 7.25. The number of hydrogen-bond acceptors (Lipinski definition) is 3. The number of thiazole rings is 1. The Balaban J connectivity index is 2.15. The largest absolute Gasteiger partial charge is 0.494 e. The minimum atomic E-state index is -0.279. The van der Waals surface area contributed by atoms with Crippen LogP contribution in [0, 0.1) is 5.82 Å². The molecular formula is C14H8Cl2FNOS. The molecule has 6 heteroatoms. The van der Waals surface area contributed by atoms with Gasteiger partial charge in [0.05, 0.1) is 27.4 Å². The fourth-order valence-electron chi connectivity index (χ4n) is 1.90. The third-order valence-corrected chi connectivity index (χ3v) is 4.43. The van der Waals surface area contributed by atoms with Crippen LogP contribution in [0.4, 0.5) is 4.39 Å². The maximum absolute atomic E-state index is 13.2. The van der Waals surface area contributed by atoms with Crippen molar-refractivity contribution in [2.75, 3.05) is 7.11 Å². The molecule has 2 nitrogen and oxygen atoms in total. The van der Waals surface area contributed by atoms with Crippen LogP contribution < -0.4 is 4.74 Å². The predicted octanol–water partition coefficient (Wildman–Crippen LogP) is 5.42. The van der Waals surface area contributed by atoms with E-state index in [2.05, 4.69) is 4.98 Å². The van der Waals surface area contributed by atoms with Crippen molar-refractivity contribution >= 4 is 44.8 Å². The smallest absolute Gasteiger partial charge is 0.156 e. The zero-order chi connectivity index (χ0) is 14.3. The second-order valence-corrected chi connectivity index (χ2v) is 5.95. The van der Waals surface area contributed by atoms with Crippen molar-refractivity contribution in [2.24, 2.45) is 0 Å². The molecule has 0 saturated carbocycles. The number of ether oxygens (including phenoxy) is 1. The van der Waals surface area contributed by atoms with Crippen LogP contribution in [0.1, 0.15) is 0 Å². The van der Waals surface area contributed by atoms with Crippen LogP contribution in [-0.4, -0.2) is 12.1 Å². The Kier molecular flexibility index (Phi) is 3.54. The zero-order valence-corrected chi connectivity index (χ0v) is 12.6. The Hall–Kier alpha value is -1.36. The molecule has 3 rings (SSSR count). The normalized spacial score (nSPS) is 11.0. The standard InChI is InChI=1S/C14H8Cl2FNOS/c1-19-13-9(15)4-7(5-10(13)16)14-18-11-3-2-8(17)6-12(11)20-14/h2-6H,1H3. The van der Waals surface area contributed by atoms with Gasteiger partial charge in [-0.2, -0.15) is 0 Å². The highest BCUT2D eigenvalue weighted by molar-refractivity contribution is 7.21. The van der Waals surface area contributed by atoms with Gasteiger partial charge in [-0.25, -0.2) is 9.37 Å². The molecule has 0 fully saturated rings. The molecule has 3 aromatic rings. The number of rotatable bonds is 2. The van der Waals surface area contributed by atoms with Crippen molar-refractivity contribution in [3.8, 4) is 16.3 Å². The van der Waals surface area contributed by atoms with Gasteiger partial charge in [-0.05, 0) is 30.3 Å². The molecule has 0 aliphatic rings. The average Bonchev–Trinajstić information content (AvgIpc) is 2.81. The molecule has 0 N–H and O–H groups in total. The number of benzene rings is 2. The van der Waals surface area contributed by atoms with Gasteiger partial charge in [-0.1, -0.05) is 23.2 Å². The Morgan fingerprint density at radius 2 is 1.85 bits per heavy atom. The van der Waals surface area contributed by atoms with Gasteiger partial charge in [-0.15, -0.1) is 11.3 Å². The lowest BCUT2D eigenvalue weighted by atomic mass is 10.2. The van der Waals surface area contributed by atoms with Gasteiger partial charge in [0.2, 0.25) is 0 Å². The first kappa shape index (κ1) is 13.6. The molecule has 0 atom stereocenters. The third-order valence-electron chi connectivity index (χ3n) is 2.80. The summed E-state index contributed by atoms with van der Waals surface area (Å²) in [4.78, 5) is 4.46. The second-order valence-electron chi connectivity index (χ2n) is 4.10. The van der Waals surface area contributed by atoms with E-state index in [1.165, 1.54) is 30.6 Å². The summed E-state index contributed by atoms with van der Waals surface area (Å²) < 4.78 is 19.1. The van der Waals surface area contributed by atoms with E-state index in [1.807, 2.05) is 0 Å². The van der Waals surface area contributed by atoms with E-state index >= 15 is 0 Å². The topological polar surface area (TPSA) is 22.1 Å². The molecule has 1 aromatic heterocycles. The van der Waals surface area contributed by atoms with Crippen LogP contribution in [0.25, 0.3) is 20.8 Å². The molecule has 2 aromatic carbocycles. The van der Waals surface area contributed by atoms with Gasteiger partial charge in [-0.3, -0.25) is 0 Å². The highest BCUT2D eigenvalue weighted by Gasteiger charge is 2.13. The molecule has 0 amide bonds. The van der Waals surface area contributed by atoms with Gasteiger partial charge < -0.3 is 4.74 Å². The van der Waals surface area contributed by atoms with E-state index in [4.69, 9.17) is 27.9 Å². The Morgan fingerprint density at radius 3 is 2.50 bits per heavy atom. The summed E-state index contributed by atoms with van der Waals surface area (Å²) in [6.07, 6.45) is 0. The van der Waals surface area contributed by atoms with Crippen LogP contribution in [-0.2, 0) is 0 Å². The molecule has 0 radical (unpaired) electrons. The molecular weight excluding hydrogens is 320 g/mol. The van der Waals surface area contributed by atoms with Crippen molar-refractivity contribution in [3.63, 3.8) is 0 Å². The zero-order valence-electron chi connectivity index (χ0n) is 10.3. The molecule has 1 heterocycles. The summed E-state index contributed by atoms with van der Waals surface area (Å²) in [6.45, 7) is 0. The number of fused-ring (bicyclic) bond motifs is 1. The summed E-state index contributed by atoms with van der Waals surface area (Å²) in [5.41, 5.74) is 1.52. The van der Waals surface area contributed by atoms with Crippen LogP contribution in [0.15, 0.2) is 30.3 Å². The number of nitrogens with zero attached hydrogens (tertiary/aromatic N) is 1. The van der Waals surface area contributed by atoms with E-state index in [0.717, 1.165) is 20.8 Å². The van der Waals surface area contributed by atoms with Gasteiger partial charge in [0, 0.05) is 5.56 Å². The van der Waals surface area contributed by atoms with Crippen molar-refractivity contribution in [3.05, 3.63) is 46.2 Å². The molecule has 0 bridgehead atoms. The molecule has 102 valence electrons. The van der Waals surface area contributed by atoms with Crippen molar-refractivity contribution in [1.82, 2.24) is 4.98 Å². The fraction of sp³-hybridized carbons (Fsp3) is 0.0714. The molecule has 0 aliphatic carbocycles. The summed E-state index contributed by atoms with van der Waals surface area (Å²) in [6, 6.07) is 7.97. The summed E-state index contributed by atoms with van der Waals surface area (Å²) in [5, 5.41) is 1.57. The minimum absolute atomic E-state index is 0.279. The van der Waals surface area contributed by atoms with E-state index < -0.39 is 0 Å². The van der Waals surface area contributed by atoms with Crippen molar-refractivity contribution < 1.29 is 9.13 Å². The van der Waals surface area contributed by atoms with Gasteiger partial charge in [0.15, 0.2) is 5.75 Å². The van der Waals surface area contributed by atoms with E-state index in [0.29, 0.717) is 15.8 Å². The van der Waals surface area contributed by atoms with E-state index in [1.54, 1.807) is 18.2 Å². The quantitative estimate of drug-likeness (QED) is 0.627. The fourth-order valence-corrected chi connectivity index (χ4v) is 3.52. The molecule has 0 spiro atoms. The number of halogens is 3. The van der Waals surface area contributed by atoms with E-state index in [9.17, 15) is 4.39 Å². The van der Waals surface area contributed by atoms with E-state index in [-0.39, 0.29) is 5.82 Å². The predicted molar refractivity (Wildman–Crippen MR) is 81.6 cm³/mol. The first-order valence-electron chi connectivity index (χ1n) is 5.68. The van der Waals surface area contributed by atoms with Gasteiger partial charge in [0.25, 0.3) is 0 Å². The van der Waals surface area contributed by atoms with Crippen LogP contribution >= 0.6 is 34.5 Å². The Bertz CT molecular complexity index is 780. The lowest BCUT2D eigenvalue weighted by Crippen LogP contribution is -1.87. The number of aromatic nitrogens is 1. The molecule has 0 saturated heterocycles. The van der Waals surface area contributed by atoms with Crippen LogP contribution in [0.3, 0.4) is 0 Å². The summed E-state index contributed by atoms with van der Waals surface area (Å²) in [7, 11) is 1.51. The molecule has 0 unspecified atom stereocenters. The lowest BCUT2D eigenvalue weighted by molar-refractivity contribution is 0.415. The summed E-state index contributed by atoms with van der Waals surface area (Å²) >= 11 is 13.6. The summed E-state index contributed by atoms with van der Waals surface area (Å²) in [5.74, 6) is 0.155. The maximum Gasteiger partial charge on any atom is 0.156 e. The van der Waals surface area contributed by atoms with Gasteiger partial charge in [0.1, 0.15) is 10.8 Å². The lowest BCUT2D eigenvalue weighted by Gasteiger charge is -2.06. The second kappa shape index (κ2) is 5.20. The maximum atomic E-state index is 13.2. The minimum Gasteiger partial charge on any atom is -0.494 e. The van der Waals surface area contributed by atoms with Gasteiger partial charge >= 0.3 is 0 Å². The number of hydrogen-bond donors (Lipinski definition) is 0. The molecule has 20 heavy (non-hydrogen) atoms. The average molecular weight is 328 g/mol. The van der Waals surface area contributed by atoms with Crippen LogP contribution in [0.5, 0.6) is 5.75 Å². The highest BCUT2D eigenvalue weighted by atomic mass is 35.5. The Labute approximate surface area is 128 Å². The monoisotopic (exact) mass is 327 g/mol. The highest BCUT2D eigenvalue weighted by Crippen LogP contribution is 2.39.